The number of hydrogen-bond donors (Lipinski definition) is 1. The Balaban J connectivity index is 1.18. The lowest BCUT2D eigenvalue weighted by Crippen LogP contribution is -2.41. The van der Waals surface area contributed by atoms with E-state index in [9.17, 15) is 20.0 Å². The molecule has 0 spiro atoms. The fraction of sp³-hybridized carbons (Fsp3) is 0.500. The van der Waals surface area contributed by atoms with Gasteiger partial charge in [-0.05, 0) is 117 Å². The highest BCUT2D eigenvalue weighted by molar-refractivity contribution is 7.15. The fourth-order valence-electron chi connectivity index (χ4n) is 7.17. The van der Waals surface area contributed by atoms with Crippen LogP contribution in [0.4, 0.5) is 5.69 Å². The van der Waals surface area contributed by atoms with Crippen LogP contribution in [0.25, 0.3) is 10.4 Å². The summed E-state index contributed by atoms with van der Waals surface area (Å²) in [6.45, 7) is 0.687. The van der Waals surface area contributed by atoms with Crippen LogP contribution in [-0.4, -0.2) is 35.6 Å². The predicted molar refractivity (Wildman–Crippen MR) is 172 cm³/mol. The largest absolute Gasteiger partial charge is 0.495 e. The van der Waals surface area contributed by atoms with Gasteiger partial charge in [0.15, 0.2) is 0 Å². The third kappa shape index (κ3) is 6.99. The van der Waals surface area contributed by atoms with E-state index in [1.54, 1.807) is 18.4 Å². The summed E-state index contributed by atoms with van der Waals surface area (Å²) in [5.41, 5.74) is 3.81. The quantitative estimate of drug-likeness (QED) is 0.248. The van der Waals surface area contributed by atoms with Gasteiger partial charge in [-0.3, -0.25) is 9.59 Å². The number of anilines is 1. The molecule has 230 valence electrons. The summed E-state index contributed by atoms with van der Waals surface area (Å²) in [6.07, 6.45) is 11.8. The SMILES string of the molecule is COc1ccc([C@H]2CC[C@H](CN(c3cccc(-c4cnc(C5CC5)s4)c3)C(=O)[C@H]3CC[C@H](CC(=O)O)CC3)CC2)cc1C#N. The summed E-state index contributed by atoms with van der Waals surface area (Å²) in [5, 5.41) is 20.0. The number of nitriles is 1. The lowest BCUT2D eigenvalue weighted by Gasteiger charge is -2.36. The van der Waals surface area contributed by atoms with Gasteiger partial charge in [-0.1, -0.05) is 18.2 Å². The first-order valence-electron chi connectivity index (χ1n) is 16.1. The summed E-state index contributed by atoms with van der Waals surface area (Å²) >= 11 is 1.77. The van der Waals surface area contributed by atoms with Crippen molar-refractivity contribution in [3.05, 3.63) is 64.8 Å². The van der Waals surface area contributed by atoms with Crippen LogP contribution in [0.3, 0.4) is 0 Å². The van der Waals surface area contributed by atoms with E-state index in [0.717, 1.165) is 67.5 Å². The van der Waals surface area contributed by atoms with Gasteiger partial charge in [-0.25, -0.2) is 4.98 Å². The maximum atomic E-state index is 14.2. The third-order valence-corrected chi connectivity index (χ3v) is 11.1. The summed E-state index contributed by atoms with van der Waals surface area (Å²) in [6, 6.07) is 16.6. The van der Waals surface area contributed by atoms with Gasteiger partial charge in [0.25, 0.3) is 0 Å². The number of rotatable bonds is 10. The van der Waals surface area contributed by atoms with Crippen molar-refractivity contribution in [3.8, 4) is 22.3 Å². The number of carbonyl (C=O) groups excluding carboxylic acids is 1. The van der Waals surface area contributed by atoms with E-state index in [0.29, 0.717) is 35.6 Å². The first-order chi connectivity index (χ1) is 21.4. The first kappa shape index (κ1) is 30.3. The minimum atomic E-state index is -0.750. The maximum Gasteiger partial charge on any atom is 0.303 e. The van der Waals surface area contributed by atoms with Crippen molar-refractivity contribution in [1.82, 2.24) is 4.98 Å². The van der Waals surface area contributed by atoms with Crippen molar-refractivity contribution in [2.45, 2.75) is 82.5 Å². The molecule has 7 nitrogen and oxygen atoms in total. The number of aliphatic carboxylic acids is 1. The molecule has 0 atom stereocenters. The van der Waals surface area contributed by atoms with E-state index in [-0.39, 0.29) is 24.2 Å². The van der Waals surface area contributed by atoms with Gasteiger partial charge in [0.2, 0.25) is 5.91 Å². The monoisotopic (exact) mass is 611 g/mol. The van der Waals surface area contributed by atoms with Crippen molar-refractivity contribution >= 4 is 28.9 Å². The normalized spacial score (nSPS) is 23.5. The second kappa shape index (κ2) is 13.5. The molecule has 0 radical (unpaired) electrons. The van der Waals surface area contributed by atoms with Crippen molar-refractivity contribution in [3.63, 3.8) is 0 Å². The molecule has 8 heteroatoms. The van der Waals surface area contributed by atoms with E-state index in [1.165, 1.54) is 23.4 Å². The second-order valence-corrected chi connectivity index (χ2v) is 14.0. The molecule has 3 aliphatic rings. The van der Waals surface area contributed by atoms with Crippen LogP contribution in [0.15, 0.2) is 48.7 Å². The summed E-state index contributed by atoms with van der Waals surface area (Å²) in [7, 11) is 1.59. The van der Waals surface area contributed by atoms with Crippen LogP contribution >= 0.6 is 11.3 Å². The van der Waals surface area contributed by atoms with Crippen molar-refractivity contribution in [2.24, 2.45) is 17.8 Å². The van der Waals surface area contributed by atoms with Crippen LogP contribution in [0.2, 0.25) is 0 Å². The highest BCUT2D eigenvalue weighted by Crippen LogP contribution is 2.44. The van der Waals surface area contributed by atoms with Crippen LogP contribution < -0.4 is 9.64 Å². The van der Waals surface area contributed by atoms with Crippen molar-refractivity contribution in [1.29, 1.82) is 5.26 Å². The molecule has 2 aromatic carbocycles. The van der Waals surface area contributed by atoms with Crippen molar-refractivity contribution in [2.75, 3.05) is 18.6 Å². The number of carboxylic acid groups (broad SMARTS) is 1. The molecule has 1 N–H and O–H groups in total. The van der Waals surface area contributed by atoms with Crippen LogP contribution in [0, 0.1) is 29.1 Å². The van der Waals surface area contributed by atoms with Crippen LogP contribution in [-0.2, 0) is 9.59 Å². The molecular formula is C36H41N3O4S. The Morgan fingerprint density at radius 2 is 1.70 bits per heavy atom. The number of aromatic nitrogens is 1. The molecule has 0 bridgehead atoms. The molecular weight excluding hydrogens is 570 g/mol. The molecule has 3 fully saturated rings. The third-order valence-electron chi connectivity index (χ3n) is 9.92. The topological polar surface area (TPSA) is 104 Å². The molecule has 6 rings (SSSR count). The lowest BCUT2D eigenvalue weighted by molar-refractivity contribution is -0.138. The molecule has 1 aromatic heterocycles. The van der Waals surface area contributed by atoms with E-state index < -0.39 is 5.97 Å². The summed E-state index contributed by atoms with van der Waals surface area (Å²) in [4.78, 5) is 33.4. The fourth-order valence-corrected chi connectivity index (χ4v) is 8.26. The standard InChI is InChI=1S/C36H41N3O4S/c1-43-32-16-15-28(18-30(32)20-37)25-9-7-24(8-10-25)22-39(36(42)27-11-5-23(6-12-27)17-34(40)41)31-4-2-3-29(19-31)33-21-38-35(44-33)26-13-14-26/h2-4,15-16,18-19,21,23-27H,5-14,17,22H2,1H3,(H,40,41)/t23-,24-,25-,27-. The highest BCUT2D eigenvalue weighted by Gasteiger charge is 2.33. The zero-order valence-electron chi connectivity index (χ0n) is 25.4. The van der Waals surface area contributed by atoms with Gasteiger partial charge in [-0.2, -0.15) is 5.26 Å². The number of thiazole rings is 1. The zero-order valence-corrected chi connectivity index (χ0v) is 26.2. The predicted octanol–water partition coefficient (Wildman–Crippen LogP) is 8.16. The van der Waals surface area contributed by atoms with Gasteiger partial charge in [0.1, 0.15) is 11.8 Å². The van der Waals surface area contributed by atoms with Gasteiger partial charge in [0.05, 0.1) is 22.6 Å². The summed E-state index contributed by atoms with van der Waals surface area (Å²) in [5.74, 6) is 1.53. The molecule has 0 unspecified atom stereocenters. The Labute approximate surface area is 263 Å². The van der Waals surface area contributed by atoms with E-state index in [1.807, 2.05) is 23.2 Å². The average Bonchev–Trinajstić information content (AvgIpc) is 3.79. The Morgan fingerprint density at radius 1 is 0.977 bits per heavy atom. The molecule has 1 amide bonds. The first-order valence-corrected chi connectivity index (χ1v) is 16.9. The van der Waals surface area contributed by atoms with E-state index in [4.69, 9.17) is 4.74 Å². The number of carbonyl (C=O) groups is 2. The van der Waals surface area contributed by atoms with Gasteiger partial charge in [0, 0.05) is 36.7 Å². The number of ether oxygens (including phenoxy) is 1. The molecule has 44 heavy (non-hydrogen) atoms. The molecule has 3 aliphatic carbocycles. The number of amides is 1. The number of benzene rings is 2. The van der Waals surface area contributed by atoms with Crippen LogP contribution in [0.5, 0.6) is 5.75 Å². The van der Waals surface area contributed by atoms with E-state index in [2.05, 4.69) is 41.4 Å². The zero-order chi connectivity index (χ0) is 30.6. The Bertz CT molecular complexity index is 1520. The Hall–Kier alpha value is -3.70. The molecule has 0 saturated heterocycles. The number of methoxy groups -OCH3 is 1. The highest BCUT2D eigenvalue weighted by atomic mass is 32.1. The smallest absolute Gasteiger partial charge is 0.303 e. The maximum absolute atomic E-state index is 14.2. The lowest BCUT2D eigenvalue weighted by atomic mass is 9.77. The van der Waals surface area contributed by atoms with E-state index >= 15 is 0 Å². The summed E-state index contributed by atoms with van der Waals surface area (Å²) < 4.78 is 5.34. The van der Waals surface area contributed by atoms with Crippen LogP contribution in [0.1, 0.15) is 98.6 Å². The van der Waals surface area contributed by atoms with Gasteiger partial charge < -0.3 is 14.7 Å². The Morgan fingerprint density at radius 3 is 2.39 bits per heavy atom. The molecule has 3 saturated carbocycles. The minimum Gasteiger partial charge on any atom is -0.495 e. The van der Waals surface area contributed by atoms with Gasteiger partial charge >= 0.3 is 5.97 Å². The number of nitrogens with zero attached hydrogens (tertiary/aromatic N) is 3. The van der Waals surface area contributed by atoms with Crippen molar-refractivity contribution < 1.29 is 19.4 Å². The number of carboxylic acids is 1. The Kier molecular flexibility index (Phi) is 9.32. The van der Waals surface area contributed by atoms with Gasteiger partial charge in [-0.15, -0.1) is 11.3 Å². The second-order valence-electron chi connectivity index (χ2n) is 12.9. The minimum absolute atomic E-state index is 0.0754. The average molecular weight is 612 g/mol. The number of hydrogen-bond acceptors (Lipinski definition) is 6. The molecule has 3 aromatic rings. The molecule has 0 aliphatic heterocycles. The molecule has 1 heterocycles.